The van der Waals surface area contributed by atoms with Crippen LogP contribution in [0.15, 0.2) is 53.4 Å². The number of nitrogens with one attached hydrogen (secondary N) is 1. The van der Waals surface area contributed by atoms with E-state index < -0.39 is 0 Å². The predicted octanol–water partition coefficient (Wildman–Crippen LogP) is 5.67. The Labute approximate surface area is 130 Å². The first-order valence-corrected chi connectivity index (χ1v) is 8.24. The molecule has 0 amide bonds. The van der Waals surface area contributed by atoms with Crippen LogP contribution >= 0.6 is 23.4 Å². The second-order valence-electron chi connectivity index (χ2n) is 5.01. The van der Waals surface area contributed by atoms with E-state index in [0.717, 1.165) is 23.0 Å². The molecule has 0 fully saturated rings. The zero-order valence-electron chi connectivity index (χ0n) is 11.9. The van der Waals surface area contributed by atoms with Gasteiger partial charge in [-0.25, -0.2) is 0 Å². The molecule has 0 aliphatic rings. The molecular formula is C17H20ClNS. The number of hydrogen-bond acceptors (Lipinski definition) is 2. The van der Waals surface area contributed by atoms with Gasteiger partial charge in [-0.15, -0.1) is 11.8 Å². The summed E-state index contributed by atoms with van der Waals surface area (Å²) in [5, 5.41) is 4.15. The normalized spacial score (nSPS) is 10.8. The lowest BCUT2D eigenvalue weighted by Crippen LogP contribution is -2.03. The zero-order chi connectivity index (χ0) is 14.4. The van der Waals surface area contributed by atoms with Crippen molar-refractivity contribution in [3.63, 3.8) is 0 Å². The van der Waals surface area contributed by atoms with Crippen molar-refractivity contribution in [2.24, 2.45) is 0 Å². The van der Waals surface area contributed by atoms with Crippen LogP contribution in [0.5, 0.6) is 0 Å². The van der Waals surface area contributed by atoms with Crippen molar-refractivity contribution in [3.05, 3.63) is 59.1 Å². The summed E-state index contributed by atoms with van der Waals surface area (Å²) in [6.07, 6.45) is 0. The third-order valence-corrected chi connectivity index (χ3v) is 4.32. The average Bonchev–Trinajstić information content (AvgIpc) is 2.44. The molecule has 2 aromatic carbocycles. The van der Waals surface area contributed by atoms with E-state index in [4.69, 9.17) is 11.6 Å². The first kappa shape index (κ1) is 15.3. The number of rotatable bonds is 6. The summed E-state index contributed by atoms with van der Waals surface area (Å²) in [6, 6.07) is 16.7. The quantitative estimate of drug-likeness (QED) is 0.545. The lowest BCUT2D eigenvalue weighted by molar-refractivity contribution is 0.865. The molecule has 0 saturated carbocycles. The molecule has 1 N–H and O–H groups in total. The molecule has 0 bridgehead atoms. The Morgan fingerprint density at radius 3 is 2.50 bits per heavy atom. The average molecular weight is 306 g/mol. The van der Waals surface area contributed by atoms with Gasteiger partial charge in [0.05, 0.1) is 0 Å². The molecule has 0 aliphatic heterocycles. The smallest absolute Gasteiger partial charge is 0.0426 e. The molecule has 0 spiro atoms. The third-order valence-electron chi connectivity index (χ3n) is 3.07. The summed E-state index contributed by atoms with van der Waals surface area (Å²) in [4.78, 5) is 1.32. The summed E-state index contributed by atoms with van der Waals surface area (Å²) in [6.45, 7) is 5.37. The summed E-state index contributed by atoms with van der Waals surface area (Å²) >= 11 is 7.82. The molecule has 0 aliphatic carbocycles. The van der Waals surface area contributed by atoms with Crippen molar-refractivity contribution in [2.45, 2.75) is 24.7 Å². The molecule has 0 aromatic heterocycles. The van der Waals surface area contributed by atoms with E-state index in [2.05, 4.69) is 43.4 Å². The van der Waals surface area contributed by atoms with Gasteiger partial charge < -0.3 is 5.32 Å². The number of benzene rings is 2. The van der Waals surface area contributed by atoms with Crippen LogP contribution in [0.1, 0.15) is 25.3 Å². The standard InChI is InChI=1S/C17H20ClNS/c1-13(2)14-6-8-17(9-7-14)20-11-10-19-16-5-3-4-15(18)12-16/h3-9,12-13,19H,10-11H2,1-2H3. The second kappa shape index (κ2) is 7.61. The molecule has 0 atom stereocenters. The molecule has 2 aromatic rings. The predicted molar refractivity (Wildman–Crippen MR) is 91.2 cm³/mol. The minimum atomic E-state index is 0.596. The minimum Gasteiger partial charge on any atom is -0.384 e. The molecule has 0 heterocycles. The van der Waals surface area contributed by atoms with Crippen LogP contribution < -0.4 is 5.32 Å². The van der Waals surface area contributed by atoms with Crippen molar-refractivity contribution in [3.8, 4) is 0 Å². The molecular weight excluding hydrogens is 286 g/mol. The molecule has 106 valence electrons. The second-order valence-corrected chi connectivity index (χ2v) is 6.61. The van der Waals surface area contributed by atoms with Crippen LogP contribution in [0.4, 0.5) is 5.69 Å². The van der Waals surface area contributed by atoms with Crippen molar-refractivity contribution >= 4 is 29.1 Å². The fourth-order valence-electron chi connectivity index (χ4n) is 1.91. The van der Waals surface area contributed by atoms with E-state index in [0.29, 0.717) is 5.92 Å². The summed E-state index contributed by atoms with van der Waals surface area (Å²) in [5.41, 5.74) is 2.47. The highest BCUT2D eigenvalue weighted by atomic mass is 35.5. The van der Waals surface area contributed by atoms with Crippen molar-refractivity contribution in [1.29, 1.82) is 0 Å². The Balaban J connectivity index is 1.75. The van der Waals surface area contributed by atoms with Crippen LogP contribution in [0.3, 0.4) is 0 Å². The van der Waals surface area contributed by atoms with E-state index in [-0.39, 0.29) is 0 Å². The van der Waals surface area contributed by atoms with Gasteiger partial charge in [0.15, 0.2) is 0 Å². The summed E-state index contributed by atoms with van der Waals surface area (Å²) in [5.74, 6) is 1.63. The van der Waals surface area contributed by atoms with Crippen LogP contribution in [0, 0.1) is 0 Å². The maximum absolute atomic E-state index is 5.95. The molecule has 0 saturated heterocycles. The van der Waals surface area contributed by atoms with E-state index in [1.165, 1.54) is 10.5 Å². The van der Waals surface area contributed by atoms with Gasteiger partial charge in [-0.3, -0.25) is 0 Å². The van der Waals surface area contributed by atoms with Crippen LogP contribution in [0.25, 0.3) is 0 Å². The number of halogens is 1. The Morgan fingerprint density at radius 1 is 1.10 bits per heavy atom. The van der Waals surface area contributed by atoms with Crippen LogP contribution in [0.2, 0.25) is 5.02 Å². The van der Waals surface area contributed by atoms with Gasteiger partial charge in [-0.2, -0.15) is 0 Å². The summed E-state index contributed by atoms with van der Waals surface area (Å²) in [7, 11) is 0. The number of anilines is 1. The monoisotopic (exact) mass is 305 g/mol. The fraction of sp³-hybridized carbons (Fsp3) is 0.294. The van der Waals surface area contributed by atoms with E-state index in [9.17, 15) is 0 Å². The first-order chi connectivity index (χ1) is 9.65. The van der Waals surface area contributed by atoms with E-state index in [1.807, 2.05) is 36.0 Å². The highest BCUT2D eigenvalue weighted by Crippen LogP contribution is 2.22. The van der Waals surface area contributed by atoms with Crippen molar-refractivity contribution in [1.82, 2.24) is 0 Å². The SMILES string of the molecule is CC(C)c1ccc(SCCNc2cccc(Cl)c2)cc1. The first-order valence-electron chi connectivity index (χ1n) is 6.87. The molecule has 2 rings (SSSR count). The topological polar surface area (TPSA) is 12.0 Å². The maximum Gasteiger partial charge on any atom is 0.0426 e. The van der Waals surface area contributed by atoms with Gasteiger partial charge in [0.1, 0.15) is 0 Å². The van der Waals surface area contributed by atoms with Crippen molar-refractivity contribution < 1.29 is 0 Å². The van der Waals surface area contributed by atoms with Crippen LogP contribution in [-0.2, 0) is 0 Å². The van der Waals surface area contributed by atoms with Gasteiger partial charge in [0.25, 0.3) is 0 Å². The largest absolute Gasteiger partial charge is 0.384 e. The maximum atomic E-state index is 5.95. The Bertz CT molecular complexity index is 537. The molecule has 3 heteroatoms. The Morgan fingerprint density at radius 2 is 1.85 bits per heavy atom. The van der Waals surface area contributed by atoms with Gasteiger partial charge in [-0.05, 0) is 41.8 Å². The Kier molecular flexibility index (Phi) is 5.81. The highest BCUT2D eigenvalue weighted by molar-refractivity contribution is 7.99. The van der Waals surface area contributed by atoms with Gasteiger partial charge >= 0.3 is 0 Å². The van der Waals surface area contributed by atoms with Crippen molar-refractivity contribution in [2.75, 3.05) is 17.6 Å². The minimum absolute atomic E-state index is 0.596. The Hall–Kier alpha value is -1.12. The summed E-state index contributed by atoms with van der Waals surface area (Å²) < 4.78 is 0. The van der Waals surface area contributed by atoms with E-state index in [1.54, 1.807) is 0 Å². The number of hydrogen-bond donors (Lipinski definition) is 1. The molecule has 1 nitrogen and oxygen atoms in total. The number of thioether (sulfide) groups is 1. The van der Waals surface area contributed by atoms with E-state index >= 15 is 0 Å². The molecule has 20 heavy (non-hydrogen) atoms. The van der Waals surface area contributed by atoms with Gasteiger partial charge in [-0.1, -0.05) is 43.6 Å². The van der Waals surface area contributed by atoms with Crippen LogP contribution in [-0.4, -0.2) is 12.3 Å². The highest BCUT2D eigenvalue weighted by Gasteiger charge is 1.99. The van der Waals surface area contributed by atoms with Gasteiger partial charge in [0.2, 0.25) is 0 Å². The lowest BCUT2D eigenvalue weighted by Gasteiger charge is -2.08. The molecule has 0 unspecified atom stereocenters. The fourth-order valence-corrected chi connectivity index (χ4v) is 2.87. The lowest BCUT2D eigenvalue weighted by atomic mass is 10.0. The van der Waals surface area contributed by atoms with Gasteiger partial charge in [0, 0.05) is 27.9 Å². The molecule has 0 radical (unpaired) electrons. The third kappa shape index (κ3) is 4.77. The zero-order valence-corrected chi connectivity index (χ0v) is 13.5.